The number of nitrogens with two attached hydrogens (primary N) is 1. The van der Waals surface area contributed by atoms with Crippen molar-refractivity contribution in [3.63, 3.8) is 0 Å². The highest BCUT2D eigenvalue weighted by atomic mass is 35.5. The molecule has 3 nitrogen and oxygen atoms in total. The van der Waals surface area contributed by atoms with E-state index in [4.69, 9.17) is 22.1 Å². The molecule has 0 fully saturated rings. The number of hydrogen-bond acceptors (Lipinski definition) is 3. The molecule has 2 N–H and O–H groups in total. The zero-order valence-electron chi connectivity index (χ0n) is 10.4. The molecule has 17 heavy (non-hydrogen) atoms. The lowest BCUT2D eigenvalue weighted by Gasteiger charge is -2.14. The number of benzene rings is 1. The summed E-state index contributed by atoms with van der Waals surface area (Å²) in [6.45, 7) is 4.41. The first-order valence-corrected chi connectivity index (χ1v) is 5.99. The second-order valence-electron chi connectivity index (χ2n) is 4.19. The molecule has 0 atom stereocenters. The summed E-state index contributed by atoms with van der Waals surface area (Å²) in [7, 11) is 1.56. The van der Waals surface area contributed by atoms with E-state index in [1.54, 1.807) is 13.2 Å². The van der Waals surface area contributed by atoms with Gasteiger partial charge in [-0.2, -0.15) is 0 Å². The van der Waals surface area contributed by atoms with Gasteiger partial charge in [0.05, 0.1) is 12.1 Å². The summed E-state index contributed by atoms with van der Waals surface area (Å²) in [6, 6.07) is 3.50. The molecule has 1 aromatic rings. The summed E-state index contributed by atoms with van der Waals surface area (Å²) in [6.07, 6.45) is 0.336. The molecule has 0 saturated heterocycles. The van der Waals surface area contributed by atoms with Crippen molar-refractivity contribution in [2.24, 2.45) is 5.73 Å². The molecule has 4 heteroatoms. The van der Waals surface area contributed by atoms with Crippen LogP contribution in [-0.4, -0.2) is 19.4 Å². The van der Waals surface area contributed by atoms with Crippen LogP contribution in [0.3, 0.4) is 0 Å². The van der Waals surface area contributed by atoms with E-state index in [2.05, 4.69) is 0 Å². The van der Waals surface area contributed by atoms with Crippen molar-refractivity contribution in [2.45, 2.75) is 26.2 Å². The van der Waals surface area contributed by atoms with E-state index in [0.29, 0.717) is 29.3 Å². The Morgan fingerprint density at radius 1 is 1.47 bits per heavy atom. The first-order chi connectivity index (χ1) is 8.01. The first-order valence-electron chi connectivity index (χ1n) is 5.62. The van der Waals surface area contributed by atoms with Crippen LogP contribution >= 0.6 is 11.6 Å². The molecule has 0 spiro atoms. The predicted molar refractivity (Wildman–Crippen MR) is 70.1 cm³/mol. The summed E-state index contributed by atoms with van der Waals surface area (Å²) in [5, 5.41) is 0.456. The van der Waals surface area contributed by atoms with Gasteiger partial charge in [0.1, 0.15) is 5.75 Å². The SMILES string of the molecule is COc1cc(C(C)C)c(C(=O)CCN)cc1Cl. The lowest BCUT2D eigenvalue weighted by molar-refractivity contribution is 0.0984. The average Bonchev–Trinajstić information content (AvgIpc) is 2.28. The van der Waals surface area contributed by atoms with Crippen molar-refractivity contribution >= 4 is 17.4 Å². The van der Waals surface area contributed by atoms with Crippen LogP contribution in [0, 0.1) is 0 Å². The van der Waals surface area contributed by atoms with Crippen LogP contribution in [0.1, 0.15) is 42.1 Å². The maximum Gasteiger partial charge on any atom is 0.164 e. The molecule has 0 saturated carbocycles. The normalized spacial score (nSPS) is 10.7. The molecule has 1 aromatic carbocycles. The van der Waals surface area contributed by atoms with Crippen molar-refractivity contribution in [1.82, 2.24) is 0 Å². The second kappa shape index (κ2) is 6.03. The van der Waals surface area contributed by atoms with Gasteiger partial charge in [0.25, 0.3) is 0 Å². The number of carbonyl (C=O) groups is 1. The Morgan fingerprint density at radius 3 is 2.59 bits per heavy atom. The summed E-state index contributed by atoms with van der Waals surface area (Å²) < 4.78 is 5.16. The smallest absolute Gasteiger partial charge is 0.164 e. The molecule has 0 radical (unpaired) electrons. The third kappa shape index (κ3) is 3.20. The van der Waals surface area contributed by atoms with Crippen LogP contribution in [0.5, 0.6) is 5.75 Å². The molecule has 0 amide bonds. The Kier molecular flexibility index (Phi) is 4.97. The van der Waals surface area contributed by atoms with Gasteiger partial charge >= 0.3 is 0 Å². The van der Waals surface area contributed by atoms with Crippen LogP contribution in [0.2, 0.25) is 5.02 Å². The zero-order chi connectivity index (χ0) is 13.0. The van der Waals surface area contributed by atoms with Crippen molar-refractivity contribution in [3.8, 4) is 5.75 Å². The average molecular weight is 256 g/mol. The number of methoxy groups -OCH3 is 1. The number of carbonyl (C=O) groups excluding carboxylic acids is 1. The molecule has 0 aliphatic carbocycles. The van der Waals surface area contributed by atoms with Crippen LogP contribution < -0.4 is 10.5 Å². The summed E-state index contributed by atoms with van der Waals surface area (Å²) >= 11 is 6.04. The fraction of sp³-hybridized carbons (Fsp3) is 0.462. The fourth-order valence-corrected chi connectivity index (χ4v) is 1.95. The standard InChI is InChI=1S/C13H18ClNO2/c1-8(2)9-7-13(17-3)11(14)6-10(9)12(16)4-5-15/h6-8H,4-5,15H2,1-3H3. The summed E-state index contributed by atoms with van der Waals surface area (Å²) in [5.41, 5.74) is 7.01. The largest absolute Gasteiger partial charge is 0.495 e. The lowest BCUT2D eigenvalue weighted by atomic mass is 9.93. The highest BCUT2D eigenvalue weighted by molar-refractivity contribution is 6.32. The van der Waals surface area contributed by atoms with E-state index in [1.807, 2.05) is 19.9 Å². The fourth-order valence-electron chi connectivity index (χ4n) is 1.71. The van der Waals surface area contributed by atoms with E-state index in [9.17, 15) is 4.79 Å². The number of halogens is 1. The molecule has 94 valence electrons. The van der Waals surface area contributed by atoms with Crippen LogP contribution in [0.25, 0.3) is 0 Å². The van der Waals surface area contributed by atoms with Gasteiger partial charge in [-0.1, -0.05) is 25.4 Å². The van der Waals surface area contributed by atoms with Gasteiger partial charge in [-0.15, -0.1) is 0 Å². The number of Topliss-reactive ketones (excluding diaryl/α,β-unsaturated/α-hetero) is 1. The zero-order valence-corrected chi connectivity index (χ0v) is 11.2. The summed E-state index contributed by atoms with van der Waals surface area (Å²) in [5.74, 6) is 0.860. The van der Waals surface area contributed by atoms with Crippen molar-refractivity contribution in [3.05, 3.63) is 28.3 Å². The minimum atomic E-state index is 0.0285. The number of rotatable bonds is 5. The van der Waals surface area contributed by atoms with E-state index < -0.39 is 0 Å². The second-order valence-corrected chi connectivity index (χ2v) is 4.60. The van der Waals surface area contributed by atoms with E-state index in [1.165, 1.54) is 0 Å². The predicted octanol–water partition coefficient (Wildman–Crippen LogP) is 3.00. The molecule has 0 bridgehead atoms. The van der Waals surface area contributed by atoms with Gasteiger partial charge < -0.3 is 10.5 Å². The molecule has 0 heterocycles. The van der Waals surface area contributed by atoms with E-state index in [0.717, 1.165) is 5.56 Å². The van der Waals surface area contributed by atoms with Gasteiger partial charge in [-0.3, -0.25) is 4.79 Å². The molecular weight excluding hydrogens is 238 g/mol. The lowest BCUT2D eigenvalue weighted by Crippen LogP contribution is -2.11. The Hall–Kier alpha value is -1.06. The minimum absolute atomic E-state index is 0.0285. The topological polar surface area (TPSA) is 52.3 Å². The van der Waals surface area contributed by atoms with Crippen LogP contribution in [-0.2, 0) is 0 Å². The third-order valence-corrected chi connectivity index (χ3v) is 2.91. The molecule has 0 aliphatic heterocycles. The maximum atomic E-state index is 11.9. The van der Waals surface area contributed by atoms with Crippen LogP contribution in [0.4, 0.5) is 0 Å². The van der Waals surface area contributed by atoms with Gasteiger partial charge in [0, 0.05) is 12.0 Å². The Bertz CT molecular complexity index is 416. The van der Waals surface area contributed by atoms with E-state index in [-0.39, 0.29) is 11.7 Å². The van der Waals surface area contributed by atoms with Gasteiger partial charge in [0.15, 0.2) is 5.78 Å². The van der Waals surface area contributed by atoms with Crippen molar-refractivity contribution < 1.29 is 9.53 Å². The Labute approximate surface area is 107 Å². The number of ether oxygens (including phenoxy) is 1. The summed E-state index contributed by atoms with van der Waals surface area (Å²) in [4.78, 5) is 11.9. The maximum absolute atomic E-state index is 11.9. The van der Waals surface area contributed by atoms with E-state index >= 15 is 0 Å². The van der Waals surface area contributed by atoms with Crippen molar-refractivity contribution in [2.75, 3.05) is 13.7 Å². The number of hydrogen-bond donors (Lipinski definition) is 1. The Balaban J connectivity index is 3.27. The molecule has 1 rings (SSSR count). The molecular formula is C13H18ClNO2. The minimum Gasteiger partial charge on any atom is -0.495 e. The van der Waals surface area contributed by atoms with Gasteiger partial charge in [0.2, 0.25) is 0 Å². The molecule has 0 aliphatic rings. The quantitative estimate of drug-likeness (QED) is 0.823. The Morgan fingerprint density at radius 2 is 2.12 bits per heavy atom. The number of ketones is 1. The monoisotopic (exact) mass is 255 g/mol. The first kappa shape index (κ1) is 14.0. The van der Waals surface area contributed by atoms with Gasteiger partial charge in [-0.05, 0) is 30.2 Å². The van der Waals surface area contributed by atoms with Crippen LogP contribution in [0.15, 0.2) is 12.1 Å². The molecule has 0 unspecified atom stereocenters. The van der Waals surface area contributed by atoms with Gasteiger partial charge in [-0.25, -0.2) is 0 Å². The van der Waals surface area contributed by atoms with Crippen molar-refractivity contribution in [1.29, 1.82) is 0 Å². The highest BCUT2D eigenvalue weighted by Gasteiger charge is 2.16. The molecule has 0 aromatic heterocycles. The third-order valence-electron chi connectivity index (χ3n) is 2.62. The highest BCUT2D eigenvalue weighted by Crippen LogP contribution is 2.32.